The van der Waals surface area contributed by atoms with Crippen LogP contribution >= 0.6 is 11.6 Å². The van der Waals surface area contributed by atoms with Crippen LogP contribution in [0.15, 0.2) is 48.5 Å². The van der Waals surface area contributed by atoms with Crippen LogP contribution in [-0.4, -0.2) is 40.0 Å². The Bertz CT molecular complexity index is 994. The molecule has 144 valence electrons. The number of rotatable bonds is 3. The molecule has 0 bridgehead atoms. The fraction of sp³-hybridized carbons (Fsp3) is 0.364. The number of hydrogen-bond donors (Lipinski definition) is 2. The lowest BCUT2D eigenvalue weighted by molar-refractivity contribution is 0.180. The second kappa shape index (κ2) is 7.13. The first-order valence-corrected chi connectivity index (χ1v) is 10.3. The summed E-state index contributed by atoms with van der Waals surface area (Å²) in [5, 5.41) is 3.91. The average Bonchev–Trinajstić information content (AvgIpc) is 3.36. The molecule has 2 heterocycles. The average molecular weight is 395 g/mol. The number of carbonyl (C=O) groups excluding carboxylic acids is 1. The van der Waals surface area contributed by atoms with E-state index in [4.69, 9.17) is 16.6 Å². The molecular formula is C22H23ClN4O. The third-order valence-electron chi connectivity index (χ3n) is 5.96. The van der Waals surface area contributed by atoms with Gasteiger partial charge in [0, 0.05) is 36.0 Å². The minimum atomic E-state index is 0.0678. The molecule has 2 fully saturated rings. The van der Waals surface area contributed by atoms with Crippen molar-refractivity contribution in [3.63, 3.8) is 0 Å². The number of imidazole rings is 1. The highest BCUT2D eigenvalue weighted by Gasteiger charge is 2.40. The fourth-order valence-electron chi connectivity index (χ4n) is 4.22. The lowest BCUT2D eigenvalue weighted by Gasteiger charge is -2.31. The zero-order valence-corrected chi connectivity index (χ0v) is 16.3. The minimum Gasteiger partial charge on any atom is -0.342 e. The maximum atomic E-state index is 12.6. The van der Waals surface area contributed by atoms with Gasteiger partial charge in [-0.1, -0.05) is 41.9 Å². The molecule has 0 spiro atoms. The highest BCUT2D eigenvalue weighted by atomic mass is 35.5. The molecule has 0 radical (unpaired) electrons. The van der Waals surface area contributed by atoms with Crippen molar-refractivity contribution in [2.24, 2.45) is 0 Å². The molecule has 1 aliphatic heterocycles. The van der Waals surface area contributed by atoms with Crippen molar-refractivity contribution < 1.29 is 4.79 Å². The second-order valence-corrected chi connectivity index (χ2v) is 8.29. The van der Waals surface area contributed by atoms with Crippen molar-refractivity contribution in [2.75, 3.05) is 13.1 Å². The van der Waals surface area contributed by atoms with Gasteiger partial charge >= 0.3 is 6.03 Å². The predicted octanol–water partition coefficient (Wildman–Crippen LogP) is 4.66. The summed E-state index contributed by atoms with van der Waals surface area (Å²) in [6, 6.07) is 16.5. The third-order valence-corrected chi connectivity index (χ3v) is 6.19. The minimum absolute atomic E-state index is 0.0678. The van der Waals surface area contributed by atoms with Gasteiger partial charge in [0.2, 0.25) is 0 Å². The van der Waals surface area contributed by atoms with E-state index in [0.717, 1.165) is 49.2 Å². The standard InChI is InChI=1S/C22H23ClN4O/c23-16-6-7-18-20(12-16)25-21(24-18)15-8-10-27(11-9-15)22(28)26-19-13-17(19)14-4-2-1-3-5-14/h1-7,12,15,17,19H,8-11,13H2,(H,24,25)(H,26,28). The number of nitrogens with zero attached hydrogens (tertiary/aromatic N) is 2. The van der Waals surface area contributed by atoms with Gasteiger partial charge in [0.05, 0.1) is 11.0 Å². The van der Waals surface area contributed by atoms with Gasteiger partial charge in [0.1, 0.15) is 5.82 Å². The summed E-state index contributed by atoms with van der Waals surface area (Å²) in [6.45, 7) is 1.52. The number of H-pyrrole nitrogens is 1. The van der Waals surface area contributed by atoms with E-state index in [-0.39, 0.29) is 12.1 Å². The van der Waals surface area contributed by atoms with E-state index < -0.39 is 0 Å². The SMILES string of the molecule is O=C(NC1CC1c1ccccc1)N1CCC(c2nc3ccc(Cl)cc3[nH]2)CC1. The van der Waals surface area contributed by atoms with Crippen LogP contribution in [0, 0.1) is 0 Å². The van der Waals surface area contributed by atoms with Crippen molar-refractivity contribution in [1.29, 1.82) is 0 Å². The Morgan fingerprint density at radius 3 is 2.71 bits per heavy atom. The topological polar surface area (TPSA) is 61.0 Å². The molecule has 3 aromatic rings. The van der Waals surface area contributed by atoms with Crippen molar-refractivity contribution in [1.82, 2.24) is 20.2 Å². The maximum absolute atomic E-state index is 12.6. The molecule has 1 aromatic heterocycles. The summed E-state index contributed by atoms with van der Waals surface area (Å²) < 4.78 is 0. The van der Waals surface area contributed by atoms with Gasteiger partial charge in [-0.15, -0.1) is 0 Å². The predicted molar refractivity (Wildman–Crippen MR) is 111 cm³/mol. The van der Waals surface area contributed by atoms with Gasteiger partial charge in [-0.3, -0.25) is 0 Å². The van der Waals surface area contributed by atoms with Gasteiger partial charge in [-0.2, -0.15) is 0 Å². The maximum Gasteiger partial charge on any atom is 0.317 e. The van der Waals surface area contributed by atoms with Crippen molar-refractivity contribution in [3.05, 3.63) is 64.9 Å². The first kappa shape index (κ1) is 17.6. The Balaban J connectivity index is 1.16. The first-order valence-electron chi connectivity index (χ1n) is 9.93. The Morgan fingerprint density at radius 2 is 1.93 bits per heavy atom. The highest BCUT2D eigenvalue weighted by molar-refractivity contribution is 6.31. The van der Waals surface area contributed by atoms with Crippen LogP contribution in [0.5, 0.6) is 0 Å². The highest BCUT2D eigenvalue weighted by Crippen LogP contribution is 2.40. The molecule has 28 heavy (non-hydrogen) atoms. The lowest BCUT2D eigenvalue weighted by atomic mass is 9.96. The van der Waals surface area contributed by atoms with E-state index in [0.29, 0.717) is 16.9 Å². The molecule has 5 nitrogen and oxygen atoms in total. The van der Waals surface area contributed by atoms with E-state index >= 15 is 0 Å². The van der Waals surface area contributed by atoms with Crippen LogP contribution in [-0.2, 0) is 0 Å². The van der Waals surface area contributed by atoms with E-state index in [1.807, 2.05) is 29.2 Å². The summed E-state index contributed by atoms with van der Waals surface area (Å²) >= 11 is 6.06. The number of amides is 2. The van der Waals surface area contributed by atoms with Crippen molar-refractivity contribution >= 4 is 28.7 Å². The molecule has 6 heteroatoms. The quantitative estimate of drug-likeness (QED) is 0.678. The normalized spacial score (nSPS) is 22.4. The molecule has 1 saturated carbocycles. The number of fused-ring (bicyclic) bond motifs is 1. The van der Waals surface area contributed by atoms with Crippen LogP contribution in [0.4, 0.5) is 4.79 Å². The van der Waals surface area contributed by atoms with Crippen molar-refractivity contribution in [3.8, 4) is 0 Å². The summed E-state index contributed by atoms with van der Waals surface area (Å²) in [4.78, 5) is 22.7. The smallest absolute Gasteiger partial charge is 0.317 e. The molecule has 1 saturated heterocycles. The second-order valence-electron chi connectivity index (χ2n) is 7.85. The van der Waals surface area contributed by atoms with Gasteiger partial charge < -0.3 is 15.2 Å². The van der Waals surface area contributed by atoms with Crippen LogP contribution < -0.4 is 5.32 Å². The molecule has 1 aliphatic carbocycles. The number of likely N-dealkylation sites (tertiary alicyclic amines) is 1. The first-order chi connectivity index (χ1) is 13.7. The van der Waals surface area contributed by atoms with Gasteiger partial charge in [-0.25, -0.2) is 9.78 Å². The van der Waals surface area contributed by atoms with Gasteiger partial charge in [-0.05, 0) is 43.0 Å². The number of carbonyl (C=O) groups is 1. The lowest BCUT2D eigenvalue weighted by Crippen LogP contribution is -2.45. The number of aromatic nitrogens is 2. The molecule has 2 N–H and O–H groups in total. The molecular weight excluding hydrogens is 372 g/mol. The Morgan fingerprint density at radius 1 is 1.14 bits per heavy atom. The molecule has 2 aliphatic rings. The number of halogens is 1. The largest absolute Gasteiger partial charge is 0.342 e. The molecule has 2 aromatic carbocycles. The van der Waals surface area contributed by atoms with Gasteiger partial charge in [0.15, 0.2) is 0 Å². The zero-order chi connectivity index (χ0) is 19.1. The Labute approximate surface area is 169 Å². The molecule has 5 rings (SSSR count). The fourth-order valence-corrected chi connectivity index (χ4v) is 4.40. The van der Waals surface area contributed by atoms with Crippen LogP contribution in [0.25, 0.3) is 11.0 Å². The number of hydrogen-bond acceptors (Lipinski definition) is 2. The van der Waals surface area contributed by atoms with Crippen LogP contribution in [0.2, 0.25) is 5.02 Å². The Kier molecular flexibility index (Phi) is 4.47. The third kappa shape index (κ3) is 3.47. The number of urea groups is 1. The van der Waals surface area contributed by atoms with Gasteiger partial charge in [0.25, 0.3) is 0 Å². The van der Waals surface area contributed by atoms with Crippen LogP contribution in [0.1, 0.15) is 42.5 Å². The van der Waals surface area contributed by atoms with E-state index in [1.165, 1.54) is 5.56 Å². The Hall–Kier alpha value is -2.53. The number of aromatic amines is 1. The molecule has 2 atom stereocenters. The zero-order valence-electron chi connectivity index (χ0n) is 15.6. The molecule has 2 amide bonds. The summed E-state index contributed by atoms with van der Waals surface area (Å²) in [5.74, 6) is 1.82. The summed E-state index contributed by atoms with van der Waals surface area (Å²) in [5.41, 5.74) is 3.24. The van der Waals surface area contributed by atoms with Crippen molar-refractivity contribution in [2.45, 2.75) is 37.1 Å². The summed E-state index contributed by atoms with van der Waals surface area (Å²) in [6.07, 6.45) is 2.88. The van der Waals surface area contributed by atoms with E-state index in [9.17, 15) is 4.79 Å². The van der Waals surface area contributed by atoms with E-state index in [1.54, 1.807) is 0 Å². The monoisotopic (exact) mass is 394 g/mol. The number of nitrogens with one attached hydrogen (secondary N) is 2. The number of piperidine rings is 1. The summed E-state index contributed by atoms with van der Waals surface area (Å²) in [7, 11) is 0. The van der Waals surface area contributed by atoms with E-state index in [2.05, 4.69) is 34.6 Å². The number of benzene rings is 2. The molecule has 2 unspecified atom stereocenters. The van der Waals surface area contributed by atoms with Crippen LogP contribution in [0.3, 0.4) is 0 Å².